The molecule has 0 radical (unpaired) electrons. The molecule has 0 bridgehead atoms. The van der Waals surface area contributed by atoms with E-state index >= 15 is 0 Å². The largest absolute Gasteiger partial charge is 0.354 e. The van der Waals surface area contributed by atoms with Crippen molar-refractivity contribution >= 4 is 39.1 Å². The van der Waals surface area contributed by atoms with E-state index in [0.29, 0.717) is 23.7 Å². The maximum Gasteiger partial charge on any atom is 0.264 e. The molecular formula is C30H36ClN3O4S. The van der Waals surface area contributed by atoms with Crippen LogP contribution in [0.15, 0.2) is 77.7 Å². The molecule has 1 atom stereocenters. The van der Waals surface area contributed by atoms with E-state index in [1.54, 1.807) is 54.6 Å². The van der Waals surface area contributed by atoms with Gasteiger partial charge in [0, 0.05) is 18.1 Å². The predicted octanol–water partition coefficient (Wildman–Crippen LogP) is 5.49. The third kappa shape index (κ3) is 7.83. The highest BCUT2D eigenvalue weighted by molar-refractivity contribution is 7.92. The third-order valence-electron chi connectivity index (χ3n) is 6.38. The SMILES string of the molecule is CCCNC(=O)[C@@H](CC)N(Cc1ccc(Cl)cc1)C(=O)CN(c1cccc(C)c1)S(=O)(=O)c1ccc(C)cc1. The monoisotopic (exact) mass is 569 g/mol. The molecule has 3 aromatic rings. The molecule has 1 N–H and O–H groups in total. The van der Waals surface area contributed by atoms with Gasteiger partial charge in [-0.25, -0.2) is 8.42 Å². The van der Waals surface area contributed by atoms with Gasteiger partial charge in [-0.1, -0.05) is 67.4 Å². The van der Waals surface area contributed by atoms with Crippen molar-refractivity contribution in [3.8, 4) is 0 Å². The van der Waals surface area contributed by atoms with Crippen LogP contribution in [0.5, 0.6) is 0 Å². The quantitative estimate of drug-likeness (QED) is 0.313. The van der Waals surface area contributed by atoms with Gasteiger partial charge in [-0.15, -0.1) is 0 Å². The van der Waals surface area contributed by atoms with E-state index in [1.807, 2.05) is 33.8 Å². The topological polar surface area (TPSA) is 86.8 Å². The molecule has 39 heavy (non-hydrogen) atoms. The number of aryl methyl sites for hydroxylation is 2. The van der Waals surface area contributed by atoms with Gasteiger partial charge in [-0.3, -0.25) is 13.9 Å². The van der Waals surface area contributed by atoms with E-state index in [2.05, 4.69) is 5.32 Å². The number of amides is 2. The summed E-state index contributed by atoms with van der Waals surface area (Å²) >= 11 is 6.06. The van der Waals surface area contributed by atoms with Crippen molar-refractivity contribution in [2.24, 2.45) is 0 Å². The lowest BCUT2D eigenvalue weighted by atomic mass is 10.1. The van der Waals surface area contributed by atoms with Gasteiger partial charge in [0.15, 0.2) is 0 Å². The number of carbonyl (C=O) groups is 2. The summed E-state index contributed by atoms with van der Waals surface area (Å²) in [6, 6.07) is 19.8. The molecule has 0 aliphatic carbocycles. The highest BCUT2D eigenvalue weighted by atomic mass is 35.5. The summed E-state index contributed by atoms with van der Waals surface area (Å²) in [5.41, 5.74) is 2.93. The molecule has 0 spiro atoms. The van der Waals surface area contributed by atoms with Crippen molar-refractivity contribution in [3.63, 3.8) is 0 Å². The minimum Gasteiger partial charge on any atom is -0.354 e. The minimum atomic E-state index is -4.09. The zero-order chi connectivity index (χ0) is 28.6. The number of rotatable bonds is 12. The fourth-order valence-corrected chi connectivity index (χ4v) is 5.75. The Labute approximate surface area is 236 Å². The average Bonchev–Trinajstić information content (AvgIpc) is 2.91. The van der Waals surface area contributed by atoms with Crippen LogP contribution in [-0.4, -0.2) is 44.3 Å². The van der Waals surface area contributed by atoms with Crippen LogP contribution in [0.25, 0.3) is 0 Å². The lowest BCUT2D eigenvalue weighted by Crippen LogP contribution is -2.52. The van der Waals surface area contributed by atoms with Crippen LogP contribution in [0, 0.1) is 13.8 Å². The highest BCUT2D eigenvalue weighted by Crippen LogP contribution is 2.26. The van der Waals surface area contributed by atoms with Gasteiger partial charge < -0.3 is 10.2 Å². The third-order valence-corrected chi connectivity index (χ3v) is 8.42. The summed E-state index contributed by atoms with van der Waals surface area (Å²) in [6.45, 7) is 7.66. The van der Waals surface area contributed by atoms with Gasteiger partial charge in [-0.05, 0) is 74.2 Å². The van der Waals surface area contributed by atoms with Crippen molar-refractivity contribution in [1.29, 1.82) is 0 Å². The van der Waals surface area contributed by atoms with Gasteiger partial charge >= 0.3 is 0 Å². The maximum atomic E-state index is 14.0. The first kappa shape index (κ1) is 30.2. The summed E-state index contributed by atoms with van der Waals surface area (Å²) in [4.78, 5) is 28.7. The number of sulfonamides is 1. The molecule has 208 valence electrons. The molecule has 3 rings (SSSR count). The standard InChI is InChI=1S/C30H36ClN3O4S/c1-5-18-32-30(36)28(6-2)33(20-24-12-14-25(31)15-13-24)29(35)21-34(26-9-7-8-23(4)19-26)39(37,38)27-16-10-22(3)11-17-27/h7-17,19,28H,5-6,18,20-21H2,1-4H3,(H,32,36)/t28-/m1/s1. The summed E-state index contributed by atoms with van der Waals surface area (Å²) < 4.78 is 28.9. The van der Waals surface area contributed by atoms with E-state index in [4.69, 9.17) is 11.6 Å². The van der Waals surface area contributed by atoms with Crippen LogP contribution in [0.4, 0.5) is 5.69 Å². The van der Waals surface area contributed by atoms with Crippen LogP contribution in [0.1, 0.15) is 43.4 Å². The molecule has 9 heteroatoms. The van der Waals surface area contributed by atoms with E-state index in [-0.39, 0.29) is 17.3 Å². The van der Waals surface area contributed by atoms with Gasteiger partial charge in [0.05, 0.1) is 10.6 Å². The molecule has 0 saturated carbocycles. The molecule has 0 fully saturated rings. The number of hydrogen-bond acceptors (Lipinski definition) is 4. The van der Waals surface area contributed by atoms with Crippen LogP contribution in [0.3, 0.4) is 0 Å². The van der Waals surface area contributed by atoms with E-state index in [0.717, 1.165) is 27.4 Å². The van der Waals surface area contributed by atoms with E-state index < -0.39 is 28.5 Å². The Morgan fingerprint density at radius 2 is 1.59 bits per heavy atom. The summed E-state index contributed by atoms with van der Waals surface area (Å²) in [5, 5.41) is 3.44. The lowest BCUT2D eigenvalue weighted by molar-refractivity contribution is -0.140. The number of carbonyl (C=O) groups excluding carboxylic acids is 2. The van der Waals surface area contributed by atoms with Crippen molar-refractivity contribution in [3.05, 3.63) is 94.5 Å². The Morgan fingerprint density at radius 3 is 2.18 bits per heavy atom. The Kier molecular flexibility index (Phi) is 10.5. The van der Waals surface area contributed by atoms with E-state index in [9.17, 15) is 18.0 Å². The Balaban J connectivity index is 2.04. The number of anilines is 1. The number of halogens is 1. The van der Waals surface area contributed by atoms with Crippen molar-refractivity contribution in [2.45, 2.75) is 58.0 Å². The number of hydrogen-bond donors (Lipinski definition) is 1. The summed E-state index contributed by atoms with van der Waals surface area (Å²) in [6.07, 6.45) is 1.12. The molecule has 0 heterocycles. The molecule has 0 aliphatic heterocycles. The van der Waals surface area contributed by atoms with Crippen molar-refractivity contribution < 1.29 is 18.0 Å². The second-order valence-electron chi connectivity index (χ2n) is 9.53. The van der Waals surface area contributed by atoms with E-state index in [1.165, 1.54) is 17.0 Å². The molecule has 0 unspecified atom stereocenters. The smallest absolute Gasteiger partial charge is 0.264 e. The first-order valence-electron chi connectivity index (χ1n) is 13.0. The molecule has 0 aliphatic rings. The fourth-order valence-electron chi connectivity index (χ4n) is 4.22. The van der Waals surface area contributed by atoms with Gasteiger partial charge in [0.2, 0.25) is 11.8 Å². The zero-order valence-corrected chi connectivity index (χ0v) is 24.4. The van der Waals surface area contributed by atoms with Crippen LogP contribution >= 0.6 is 11.6 Å². The van der Waals surface area contributed by atoms with Crippen LogP contribution in [-0.2, 0) is 26.2 Å². The molecular weight excluding hydrogens is 534 g/mol. The average molecular weight is 570 g/mol. The summed E-state index contributed by atoms with van der Waals surface area (Å²) in [7, 11) is -4.09. The second-order valence-corrected chi connectivity index (χ2v) is 11.8. The molecule has 0 aromatic heterocycles. The first-order valence-corrected chi connectivity index (χ1v) is 14.9. The Bertz CT molecular complexity index is 1380. The highest BCUT2D eigenvalue weighted by Gasteiger charge is 2.33. The molecule has 7 nitrogen and oxygen atoms in total. The van der Waals surface area contributed by atoms with Crippen LogP contribution in [0.2, 0.25) is 5.02 Å². The number of nitrogens with one attached hydrogen (secondary N) is 1. The van der Waals surface area contributed by atoms with Gasteiger partial charge in [-0.2, -0.15) is 0 Å². The molecule has 0 saturated heterocycles. The predicted molar refractivity (Wildman–Crippen MR) is 156 cm³/mol. The van der Waals surface area contributed by atoms with Crippen molar-refractivity contribution in [2.75, 3.05) is 17.4 Å². The first-order chi connectivity index (χ1) is 18.6. The van der Waals surface area contributed by atoms with Crippen molar-refractivity contribution in [1.82, 2.24) is 10.2 Å². The second kappa shape index (κ2) is 13.6. The maximum absolute atomic E-state index is 14.0. The number of nitrogens with zero attached hydrogens (tertiary/aromatic N) is 2. The Hall–Kier alpha value is -3.36. The molecule has 2 amide bonds. The minimum absolute atomic E-state index is 0.0828. The molecule has 3 aromatic carbocycles. The lowest BCUT2D eigenvalue weighted by Gasteiger charge is -2.33. The fraction of sp³-hybridized carbons (Fsp3) is 0.333. The van der Waals surface area contributed by atoms with Crippen LogP contribution < -0.4 is 9.62 Å². The normalized spacial score (nSPS) is 12.0. The van der Waals surface area contributed by atoms with Gasteiger partial charge in [0.1, 0.15) is 12.6 Å². The number of benzene rings is 3. The Morgan fingerprint density at radius 1 is 0.923 bits per heavy atom. The zero-order valence-electron chi connectivity index (χ0n) is 22.9. The van der Waals surface area contributed by atoms with Gasteiger partial charge in [0.25, 0.3) is 10.0 Å². The summed E-state index contributed by atoms with van der Waals surface area (Å²) in [5.74, 6) is -0.759.